The standard InChI is InChI=1S/C25H25ClN4O3S2/c1-15(24(32)33)27-25(34)30-12-10-17(11-13-30)23-29-21(14-35-23)22(31)28-20-5-3-2-4-19(20)16-6-8-18(26)9-7-16/h2-9,14-15,17H,10-13H2,1H3,(H,27,34)(H,28,31)(H,32,33)/t15-/m0/s1. The lowest BCUT2D eigenvalue weighted by atomic mass is 9.98. The number of amides is 1. The lowest BCUT2D eigenvalue weighted by Crippen LogP contribution is -2.48. The largest absolute Gasteiger partial charge is 0.480 e. The molecule has 1 amide bonds. The first kappa shape index (κ1) is 25.1. The van der Waals surface area contributed by atoms with Crippen molar-refractivity contribution in [2.45, 2.75) is 31.7 Å². The van der Waals surface area contributed by atoms with Gasteiger partial charge in [-0.1, -0.05) is 41.9 Å². The molecular weight excluding hydrogens is 504 g/mol. The SMILES string of the molecule is C[C@H](NC(=S)N1CCC(c2nc(C(=O)Nc3ccccc3-c3ccc(Cl)cc3)cs2)CC1)C(=O)O. The summed E-state index contributed by atoms with van der Waals surface area (Å²) in [6, 6.07) is 14.4. The second-order valence-corrected chi connectivity index (χ2v) is 10.1. The van der Waals surface area contributed by atoms with Crippen molar-refractivity contribution in [2.24, 2.45) is 0 Å². The van der Waals surface area contributed by atoms with Crippen LogP contribution in [0.4, 0.5) is 5.69 Å². The number of likely N-dealkylation sites (tertiary alicyclic amines) is 1. The van der Waals surface area contributed by atoms with E-state index in [4.69, 9.17) is 28.9 Å². The predicted molar refractivity (Wildman–Crippen MR) is 143 cm³/mol. The van der Waals surface area contributed by atoms with Gasteiger partial charge in [0.1, 0.15) is 11.7 Å². The molecule has 1 aliphatic heterocycles. The molecule has 182 valence electrons. The maximum absolute atomic E-state index is 13.0. The molecule has 4 rings (SSSR count). The smallest absolute Gasteiger partial charge is 0.325 e. The molecule has 1 aliphatic rings. The Balaban J connectivity index is 1.38. The highest BCUT2D eigenvalue weighted by atomic mass is 35.5. The van der Waals surface area contributed by atoms with Gasteiger partial charge in [-0.3, -0.25) is 9.59 Å². The number of carbonyl (C=O) groups excluding carboxylic acids is 1. The van der Waals surface area contributed by atoms with Crippen LogP contribution in [0.25, 0.3) is 11.1 Å². The van der Waals surface area contributed by atoms with E-state index < -0.39 is 12.0 Å². The van der Waals surface area contributed by atoms with Crippen molar-refractivity contribution < 1.29 is 14.7 Å². The van der Waals surface area contributed by atoms with E-state index in [2.05, 4.69) is 15.6 Å². The Morgan fingerprint density at radius 2 is 1.86 bits per heavy atom. The molecule has 3 aromatic rings. The zero-order chi connectivity index (χ0) is 24.9. The topological polar surface area (TPSA) is 94.6 Å². The molecule has 0 saturated carbocycles. The third kappa shape index (κ3) is 6.17. The highest BCUT2D eigenvalue weighted by Crippen LogP contribution is 2.32. The van der Waals surface area contributed by atoms with Crippen LogP contribution in [-0.4, -0.2) is 51.1 Å². The second kappa shape index (κ2) is 11.2. The van der Waals surface area contributed by atoms with Crippen molar-refractivity contribution in [3.05, 3.63) is 69.6 Å². The average molecular weight is 529 g/mol. The summed E-state index contributed by atoms with van der Waals surface area (Å²) in [7, 11) is 0. The highest BCUT2D eigenvalue weighted by molar-refractivity contribution is 7.80. The van der Waals surface area contributed by atoms with Gasteiger partial charge in [0.15, 0.2) is 5.11 Å². The summed E-state index contributed by atoms with van der Waals surface area (Å²) < 4.78 is 0. The van der Waals surface area contributed by atoms with Gasteiger partial charge in [0.05, 0.1) is 5.01 Å². The van der Waals surface area contributed by atoms with Gasteiger partial charge in [-0.15, -0.1) is 11.3 Å². The number of para-hydroxylation sites is 1. The number of halogens is 1. The number of nitrogens with one attached hydrogen (secondary N) is 2. The summed E-state index contributed by atoms with van der Waals surface area (Å²) in [5.41, 5.74) is 2.97. The molecule has 2 aromatic carbocycles. The van der Waals surface area contributed by atoms with Gasteiger partial charge in [0.2, 0.25) is 0 Å². The van der Waals surface area contributed by atoms with Gasteiger partial charge in [0, 0.05) is 40.7 Å². The molecule has 35 heavy (non-hydrogen) atoms. The van der Waals surface area contributed by atoms with Crippen LogP contribution in [0.3, 0.4) is 0 Å². The quantitative estimate of drug-likeness (QED) is 0.376. The van der Waals surface area contributed by atoms with E-state index >= 15 is 0 Å². The number of carboxylic acid groups (broad SMARTS) is 1. The maximum Gasteiger partial charge on any atom is 0.325 e. The Morgan fingerprint density at radius 1 is 1.17 bits per heavy atom. The zero-order valence-electron chi connectivity index (χ0n) is 19.0. The molecule has 10 heteroatoms. The Labute approximate surface area is 218 Å². The van der Waals surface area contributed by atoms with Gasteiger partial charge >= 0.3 is 5.97 Å². The number of thiocarbonyl (C=S) groups is 1. The minimum Gasteiger partial charge on any atom is -0.480 e. The number of hydrogen-bond donors (Lipinski definition) is 3. The molecule has 1 saturated heterocycles. The van der Waals surface area contributed by atoms with Crippen molar-refractivity contribution in [3.63, 3.8) is 0 Å². The molecule has 0 aliphatic carbocycles. The summed E-state index contributed by atoms with van der Waals surface area (Å²) in [5, 5.41) is 18.7. The molecule has 0 radical (unpaired) electrons. The normalized spacial score (nSPS) is 14.9. The monoisotopic (exact) mass is 528 g/mol. The minimum atomic E-state index is -0.938. The van der Waals surface area contributed by atoms with E-state index in [0.717, 1.165) is 29.0 Å². The number of hydrogen-bond acceptors (Lipinski definition) is 5. The van der Waals surface area contributed by atoms with Gasteiger partial charge in [-0.05, 0) is 55.7 Å². The van der Waals surface area contributed by atoms with E-state index in [1.54, 1.807) is 12.3 Å². The molecule has 1 aromatic heterocycles. The van der Waals surface area contributed by atoms with E-state index in [9.17, 15) is 9.59 Å². The Morgan fingerprint density at radius 3 is 2.54 bits per heavy atom. The molecule has 2 heterocycles. The van der Waals surface area contributed by atoms with Crippen molar-refractivity contribution in [1.82, 2.24) is 15.2 Å². The second-order valence-electron chi connectivity index (χ2n) is 8.35. The molecular formula is C25H25ClN4O3S2. The number of piperidine rings is 1. The van der Waals surface area contributed by atoms with Gasteiger partial charge in [-0.2, -0.15) is 0 Å². The summed E-state index contributed by atoms with van der Waals surface area (Å²) in [6.07, 6.45) is 1.66. The van der Waals surface area contributed by atoms with E-state index in [-0.39, 0.29) is 11.8 Å². The number of anilines is 1. The van der Waals surface area contributed by atoms with Gasteiger partial charge in [-0.25, -0.2) is 4.98 Å². The van der Waals surface area contributed by atoms with Gasteiger partial charge in [0.25, 0.3) is 5.91 Å². The van der Waals surface area contributed by atoms with E-state index in [0.29, 0.717) is 34.6 Å². The number of rotatable bonds is 6. The number of nitrogens with zero attached hydrogens (tertiary/aromatic N) is 2. The fourth-order valence-corrected chi connectivity index (χ4v) is 5.36. The van der Waals surface area contributed by atoms with Crippen LogP contribution in [0.5, 0.6) is 0 Å². The van der Waals surface area contributed by atoms with Crippen molar-refractivity contribution in [2.75, 3.05) is 18.4 Å². The molecule has 0 bridgehead atoms. The fraction of sp³-hybridized carbons (Fsp3) is 0.280. The molecule has 1 atom stereocenters. The van der Waals surface area contributed by atoms with Crippen molar-refractivity contribution >= 4 is 57.8 Å². The van der Waals surface area contributed by atoms with Crippen LogP contribution in [0, 0.1) is 0 Å². The van der Waals surface area contributed by atoms with E-state index in [1.807, 2.05) is 53.4 Å². The third-order valence-electron chi connectivity index (χ3n) is 5.93. The first-order chi connectivity index (χ1) is 16.8. The first-order valence-electron chi connectivity index (χ1n) is 11.2. The van der Waals surface area contributed by atoms with Crippen molar-refractivity contribution in [3.8, 4) is 11.1 Å². The minimum absolute atomic E-state index is 0.235. The Hall–Kier alpha value is -3.01. The zero-order valence-corrected chi connectivity index (χ0v) is 21.4. The van der Waals surface area contributed by atoms with Crippen LogP contribution in [-0.2, 0) is 4.79 Å². The number of benzene rings is 2. The molecule has 0 spiro atoms. The fourth-order valence-electron chi connectivity index (χ4n) is 3.91. The summed E-state index contributed by atoms with van der Waals surface area (Å²) in [5.74, 6) is -0.954. The van der Waals surface area contributed by atoms with E-state index in [1.165, 1.54) is 11.3 Å². The highest BCUT2D eigenvalue weighted by Gasteiger charge is 2.26. The summed E-state index contributed by atoms with van der Waals surface area (Å²) in [4.78, 5) is 30.6. The first-order valence-corrected chi connectivity index (χ1v) is 12.9. The van der Waals surface area contributed by atoms with Crippen LogP contribution in [0.1, 0.15) is 41.2 Å². The number of carbonyl (C=O) groups is 2. The predicted octanol–water partition coefficient (Wildman–Crippen LogP) is 5.24. The Bertz CT molecular complexity index is 1220. The number of aromatic nitrogens is 1. The lowest BCUT2D eigenvalue weighted by molar-refractivity contribution is -0.138. The number of aliphatic carboxylic acids is 1. The van der Waals surface area contributed by atoms with Crippen LogP contribution < -0.4 is 10.6 Å². The maximum atomic E-state index is 13.0. The summed E-state index contributed by atoms with van der Waals surface area (Å²) >= 11 is 12.9. The molecule has 0 unspecified atom stereocenters. The van der Waals surface area contributed by atoms with Crippen LogP contribution in [0.2, 0.25) is 5.02 Å². The van der Waals surface area contributed by atoms with Gasteiger partial charge < -0.3 is 20.6 Å². The van der Waals surface area contributed by atoms with Crippen LogP contribution >= 0.6 is 35.2 Å². The molecule has 1 fully saturated rings. The lowest BCUT2D eigenvalue weighted by Gasteiger charge is -2.33. The Kier molecular flexibility index (Phi) is 8.00. The average Bonchev–Trinajstić information content (AvgIpc) is 3.35. The summed E-state index contributed by atoms with van der Waals surface area (Å²) in [6.45, 7) is 2.98. The number of thiazole rings is 1. The van der Waals surface area contributed by atoms with Crippen molar-refractivity contribution in [1.29, 1.82) is 0 Å². The third-order valence-corrected chi connectivity index (χ3v) is 7.56. The molecule has 7 nitrogen and oxygen atoms in total. The molecule has 3 N–H and O–H groups in total. The number of carboxylic acids is 1. The van der Waals surface area contributed by atoms with Crippen LogP contribution in [0.15, 0.2) is 53.9 Å².